The van der Waals surface area contributed by atoms with E-state index in [0.29, 0.717) is 0 Å². The maximum atomic E-state index is 10.9. The van der Waals surface area contributed by atoms with Crippen LogP contribution in [0.4, 0.5) is 0 Å². The Bertz CT molecular complexity index is 375. The molecule has 0 aromatic carbocycles. The van der Waals surface area contributed by atoms with Crippen LogP contribution in [0.5, 0.6) is 0 Å². The summed E-state index contributed by atoms with van der Waals surface area (Å²) in [7, 11) is 1.47. The van der Waals surface area contributed by atoms with Crippen LogP contribution in [0.3, 0.4) is 0 Å². The zero-order valence-corrected chi connectivity index (χ0v) is 18.1. The number of rotatable bonds is 2. The summed E-state index contributed by atoms with van der Waals surface area (Å²) < 4.78 is 0. The summed E-state index contributed by atoms with van der Waals surface area (Å²) in [4.78, 5) is 27.6. The molecule has 2 N–H and O–H groups in total. The van der Waals surface area contributed by atoms with E-state index in [1.807, 2.05) is 0 Å². The molecule has 0 bridgehead atoms. The molecule has 0 aliphatic carbocycles. The van der Waals surface area contributed by atoms with E-state index in [4.69, 9.17) is 5.11 Å². The number of hydrogen-bond acceptors (Lipinski definition) is 4. The zero-order valence-electron chi connectivity index (χ0n) is 8.31. The van der Waals surface area contributed by atoms with Crippen LogP contribution in [0.1, 0.15) is 11.8 Å². The van der Waals surface area contributed by atoms with Crippen molar-refractivity contribution in [1.29, 1.82) is 0 Å². The van der Waals surface area contributed by atoms with Crippen molar-refractivity contribution in [3.8, 4) is 0 Å². The molecule has 1 rings (SSSR count). The summed E-state index contributed by atoms with van der Waals surface area (Å²) >= 11 is 0. The fraction of sp³-hybridized carbons (Fsp3) is 0.333. The summed E-state index contributed by atoms with van der Waals surface area (Å²) in [6.45, 7) is 0. The molecule has 0 amide bonds. The van der Waals surface area contributed by atoms with Gasteiger partial charge in [-0.15, -0.1) is 0 Å². The van der Waals surface area contributed by atoms with Gasteiger partial charge in [-0.05, 0) is 18.3 Å². The molecule has 0 saturated carbocycles. The molecule has 1 unspecified atom stereocenters. The monoisotopic (exact) mass is 339 g/mol. The first kappa shape index (κ1) is 18.6. The van der Waals surface area contributed by atoms with Crippen LogP contribution in [0.2, 0.25) is 0 Å². The Morgan fingerprint density at radius 1 is 1.43 bits per heavy atom. The molecule has 8 heteroatoms. The second kappa shape index (κ2) is 9.26. The van der Waals surface area contributed by atoms with E-state index in [1.54, 1.807) is 0 Å². The molecule has 14 heavy (non-hydrogen) atoms. The average Bonchev–Trinajstić information content (AvgIpc) is 2.03. The second-order valence-corrected chi connectivity index (χ2v) is 2.10. The first-order chi connectivity index (χ1) is 5.65. The molecular weight excluding hydrogens is 333 g/mol. The van der Waals surface area contributed by atoms with Crippen molar-refractivity contribution in [2.24, 2.45) is 0 Å². The standard InChI is InChI=1S/C6H9N3O3.2Rb/c1-7-4(10)3-2-8-6(12)9-5(3)11;;/h2,4,7,10H,1H3,(H2,8,9,11,12);;/q;2*+1/p-2. The molecule has 0 radical (unpaired) electrons. The van der Waals surface area contributed by atoms with Crippen LogP contribution in [0.25, 0.3) is 0 Å². The van der Waals surface area contributed by atoms with Crippen molar-refractivity contribution >= 4 is 0 Å². The van der Waals surface area contributed by atoms with Crippen LogP contribution < -0.4 is 143 Å². The topological polar surface area (TPSA) is 94.6 Å². The van der Waals surface area contributed by atoms with E-state index in [0.717, 1.165) is 6.20 Å². The Kier molecular flexibility index (Phi) is 12.3. The van der Waals surface area contributed by atoms with E-state index >= 15 is 0 Å². The fourth-order valence-electron chi connectivity index (χ4n) is 0.703. The number of nitrogens with zero attached hydrogens (tertiary/aromatic N) is 2. The Hall–Kier alpha value is 2.21. The van der Waals surface area contributed by atoms with Gasteiger partial charge in [-0.2, -0.15) is 6.20 Å². The van der Waals surface area contributed by atoms with Crippen molar-refractivity contribution in [2.75, 3.05) is 7.05 Å². The minimum Gasteiger partial charge on any atom is -0.649 e. The van der Waals surface area contributed by atoms with Gasteiger partial charge in [-0.1, -0.05) is 0 Å². The quantitative estimate of drug-likeness (QED) is 0.520. The maximum Gasteiger partial charge on any atom is 1.00 e. The van der Waals surface area contributed by atoms with Crippen LogP contribution >= 0.6 is 0 Å². The Balaban J connectivity index is 0. The van der Waals surface area contributed by atoms with E-state index in [9.17, 15) is 9.59 Å². The molecule has 1 aromatic rings. The summed E-state index contributed by atoms with van der Waals surface area (Å²) in [5.41, 5.74) is -1.62. The van der Waals surface area contributed by atoms with Crippen molar-refractivity contribution in [2.45, 2.75) is 6.23 Å². The van der Waals surface area contributed by atoms with Gasteiger partial charge in [-0.3, -0.25) is 5.32 Å². The number of hydrogen-bond donors (Lipinski definition) is 2. The van der Waals surface area contributed by atoms with Crippen molar-refractivity contribution in [1.82, 2.24) is 15.3 Å². The number of aliphatic hydroxyl groups excluding tert-OH is 1. The van der Waals surface area contributed by atoms with Gasteiger partial charge < -0.3 is 24.7 Å². The van der Waals surface area contributed by atoms with Gasteiger partial charge in [0, 0.05) is 0 Å². The van der Waals surface area contributed by atoms with E-state index in [2.05, 4.69) is 15.3 Å². The largest absolute Gasteiger partial charge is 1.00 e. The van der Waals surface area contributed by atoms with Crippen molar-refractivity contribution < 1.29 is 121 Å². The summed E-state index contributed by atoms with van der Waals surface area (Å²) in [5, 5.41) is 11.5. The molecule has 1 aromatic heterocycles. The minimum atomic E-state index is -1.13. The van der Waals surface area contributed by atoms with Gasteiger partial charge in [-0.25, -0.2) is 0 Å². The molecule has 0 aliphatic rings. The zero-order chi connectivity index (χ0) is 9.14. The van der Waals surface area contributed by atoms with Gasteiger partial charge in [0.25, 0.3) is 0 Å². The molecule has 1 atom stereocenters. The molecule has 0 spiro atoms. The van der Waals surface area contributed by atoms with Crippen LogP contribution in [0, 0.1) is 0 Å². The van der Waals surface area contributed by atoms with E-state index in [1.165, 1.54) is 7.05 Å². The van der Waals surface area contributed by atoms with Crippen LogP contribution in [-0.4, -0.2) is 12.2 Å². The molecule has 66 valence electrons. The summed E-state index contributed by atoms with van der Waals surface area (Å²) in [6.07, 6.45) is -0.114. The van der Waals surface area contributed by atoms with Gasteiger partial charge in [0.05, 0.1) is 5.56 Å². The first-order valence-corrected chi connectivity index (χ1v) is 3.21. The third kappa shape index (κ3) is 5.51. The van der Waals surface area contributed by atoms with E-state index < -0.39 is 17.5 Å². The number of nitrogens with one attached hydrogen (secondary N) is 1. The van der Waals surface area contributed by atoms with Crippen molar-refractivity contribution in [3.63, 3.8) is 0 Å². The Morgan fingerprint density at radius 3 is 2.43 bits per heavy atom. The number of aromatic nitrogens is 2. The van der Waals surface area contributed by atoms with Crippen LogP contribution in [-0.2, 0) is 0 Å². The summed E-state index contributed by atoms with van der Waals surface area (Å²) in [5.74, 6) is 0. The van der Waals surface area contributed by atoms with Crippen molar-refractivity contribution in [3.05, 3.63) is 32.6 Å². The second-order valence-electron chi connectivity index (χ2n) is 2.10. The third-order valence-electron chi connectivity index (χ3n) is 1.33. The van der Waals surface area contributed by atoms with Gasteiger partial charge in [0.15, 0.2) is 0 Å². The van der Waals surface area contributed by atoms with Gasteiger partial charge in [0.1, 0.15) is 6.23 Å². The predicted molar refractivity (Wildman–Crippen MR) is 39.6 cm³/mol. The maximum absolute atomic E-state index is 10.9. The normalized spacial score (nSPS) is 11.0. The molecule has 0 saturated heterocycles. The first-order valence-electron chi connectivity index (χ1n) is 3.21. The minimum absolute atomic E-state index is 0. The van der Waals surface area contributed by atoms with Gasteiger partial charge in [0.2, 0.25) is 0 Å². The molecule has 6 nitrogen and oxygen atoms in total. The van der Waals surface area contributed by atoms with E-state index in [-0.39, 0.29) is 122 Å². The molecule has 1 heterocycles. The molecular formula is C6H7N3O3Rb2. The van der Waals surface area contributed by atoms with Gasteiger partial charge >= 0.3 is 116 Å². The fourth-order valence-corrected chi connectivity index (χ4v) is 0.703. The predicted octanol–water partition coefficient (Wildman–Crippen LogP) is -8.46. The Morgan fingerprint density at radius 2 is 2.00 bits per heavy atom. The molecule has 0 fully saturated rings. The average molecular weight is 340 g/mol. The smallest absolute Gasteiger partial charge is 0.649 e. The number of aliphatic hydroxyl groups is 1. The third-order valence-corrected chi connectivity index (χ3v) is 1.33. The van der Waals surface area contributed by atoms with Crippen LogP contribution in [0.15, 0.2) is 15.8 Å². The SMILES string of the molecule is CNC(O)c1c[n-]c(=O)[n-]c1=O.[Rb+].[Rb+]. The molecule has 0 aliphatic heterocycles. The summed E-state index contributed by atoms with van der Waals surface area (Å²) in [6, 6.07) is 0. The Labute approximate surface area is 178 Å².